The van der Waals surface area contributed by atoms with Gasteiger partial charge in [0.15, 0.2) is 0 Å². The van der Waals surface area contributed by atoms with E-state index in [1.165, 1.54) is 11.1 Å². The average molecular weight is 214 g/mol. The van der Waals surface area contributed by atoms with Crippen LogP contribution in [0.5, 0.6) is 0 Å². The SMILES string of the molecule is Cc1ccc(-c2cn(C(C)C)cc2N)cc1. The van der Waals surface area contributed by atoms with Gasteiger partial charge in [0, 0.05) is 24.0 Å². The summed E-state index contributed by atoms with van der Waals surface area (Å²) < 4.78 is 2.14. The minimum Gasteiger partial charge on any atom is -0.397 e. The second-order valence-corrected chi connectivity index (χ2v) is 4.53. The fourth-order valence-electron chi connectivity index (χ4n) is 1.76. The Morgan fingerprint density at radius 3 is 2.19 bits per heavy atom. The lowest BCUT2D eigenvalue weighted by Gasteiger charge is -2.05. The van der Waals surface area contributed by atoms with E-state index in [9.17, 15) is 0 Å². The molecule has 0 bridgehead atoms. The summed E-state index contributed by atoms with van der Waals surface area (Å²) >= 11 is 0. The van der Waals surface area contributed by atoms with Gasteiger partial charge in [0.25, 0.3) is 0 Å². The van der Waals surface area contributed by atoms with Gasteiger partial charge in [-0.2, -0.15) is 0 Å². The molecule has 0 amide bonds. The summed E-state index contributed by atoms with van der Waals surface area (Å²) in [6, 6.07) is 8.90. The molecule has 0 unspecified atom stereocenters. The van der Waals surface area contributed by atoms with Gasteiger partial charge in [-0.05, 0) is 26.3 Å². The van der Waals surface area contributed by atoms with Crippen molar-refractivity contribution in [2.75, 3.05) is 5.73 Å². The van der Waals surface area contributed by atoms with E-state index in [2.05, 4.69) is 55.8 Å². The maximum Gasteiger partial charge on any atom is 0.0573 e. The minimum atomic E-state index is 0.446. The highest BCUT2D eigenvalue weighted by molar-refractivity contribution is 5.76. The van der Waals surface area contributed by atoms with Crippen LogP contribution in [0.25, 0.3) is 11.1 Å². The Balaban J connectivity index is 2.44. The summed E-state index contributed by atoms with van der Waals surface area (Å²) in [7, 11) is 0. The zero-order valence-electron chi connectivity index (χ0n) is 10.1. The topological polar surface area (TPSA) is 30.9 Å². The molecule has 1 aromatic carbocycles. The van der Waals surface area contributed by atoms with Gasteiger partial charge < -0.3 is 10.3 Å². The molecule has 0 saturated heterocycles. The van der Waals surface area contributed by atoms with Gasteiger partial charge in [0.2, 0.25) is 0 Å². The maximum absolute atomic E-state index is 6.03. The van der Waals surface area contributed by atoms with E-state index in [0.717, 1.165) is 11.3 Å². The number of nitrogens with two attached hydrogens (primary N) is 1. The Morgan fingerprint density at radius 2 is 1.69 bits per heavy atom. The van der Waals surface area contributed by atoms with Gasteiger partial charge in [-0.1, -0.05) is 29.8 Å². The first-order valence-electron chi connectivity index (χ1n) is 5.62. The largest absolute Gasteiger partial charge is 0.397 e. The Hall–Kier alpha value is -1.70. The molecule has 1 heterocycles. The molecule has 84 valence electrons. The van der Waals surface area contributed by atoms with Crippen molar-refractivity contribution in [1.29, 1.82) is 0 Å². The lowest BCUT2D eigenvalue weighted by atomic mass is 10.1. The smallest absolute Gasteiger partial charge is 0.0573 e. The van der Waals surface area contributed by atoms with Crippen LogP contribution in [0.2, 0.25) is 0 Å². The predicted octanol–water partition coefficient (Wildman–Crippen LogP) is 3.63. The van der Waals surface area contributed by atoms with E-state index in [1.54, 1.807) is 0 Å². The molecule has 16 heavy (non-hydrogen) atoms. The van der Waals surface area contributed by atoms with Gasteiger partial charge in [0.1, 0.15) is 0 Å². The molecule has 0 saturated carbocycles. The second kappa shape index (κ2) is 4.05. The van der Waals surface area contributed by atoms with Crippen LogP contribution in [0.1, 0.15) is 25.5 Å². The van der Waals surface area contributed by atoms with E-state index in [1.807, 2.05) is 6.20 Å². The highest BCUT2D eigenvalue weighted by Gasteiger charge is 2.07. The highest BCUT2D eigenvalue weighted by Crippen LogP contribution is 2.28. The number of aryl methyl sites for hydroxylation is 1. The van der Waals surface area contributed by atoms with Crippen molar-refractivity contribution in [2.24, 2.45) is 0 Å². The number of hydrogen-bond donors (Lipinski definition) is 1. The van der Waals surface area contributed by atoms with Crippen molar-refractivity contribution < 1.29 is 0 Å². The Bertz CT molecular complexity index is 478. The van der Waals surface area contributed by atoms with Crippen LogP contribution < -0.4 is 5.73 Å². The summed E-state index contributed by atoms with van der Waals surface area (Å²) in [6.45, 7) is 6.39. The van der Waals surface area contributed by atoms with Crippen LogP contribution in [0, 0.1) is 6.92 Å². The second-order valence-electron chi connectivity index (χ2n) is 4.53. The molecular weight excluding hydrogens is 196 g/mol. The molecular formula is C14H18N2. The third-order valence-corrected chi connectivity index (χ3v) is 2.84. The zero-order valence-corrected chi connectivity index (χ0v) is 10.1. The van der Waals surface area contributed by atoms with E-state index < -0.39 is 0 Å². The van der Waals surface area contributed by atoms with Gasteiger partial charge in [-0.25, -0.2) is 0 Å². The quantitative estimate of drug-likeness (QED) is 0.813. The van der Waals surface area contributed by atoms with Crippen molar-refractivity contribution in [3.05, 3.63) is 42.2 Å². The zero-order chi connectivity index (χ0) is 11.7. The molecule has 0 fully saturated rings. The molecule has 2 aromatic rings. The van der Waals surface area contributed by atoms with Crippen molar-refractivity contribution in [2.45, 2.75) is 26.8 Å². The van der Waals surface area contributed by atoms with E-state index in [0.29, 0.717) is 6.04 Å². The van der Waals surface area contributed by atoms with E-state index in [-0.39, 0.29) is 0 Å². The fraction of sp³-hybridized carbons (Fsp3) is 0.286. The predicted molar refractivity (Wildman–Crippen MR) is 69.4 cm³/mol. The lowest BCUT2D eigenvalue weighted by molar-refractivity contribution is 0.604. The first kappa shape index (κ1) is 10.8. The molecule has 2 heteroatoms. The van der Waals surface area contributed by atoms with Gasteiger partial charge in [-0.3, -0.25) is 0 Å². The Morgan fingerprint density at radius 1 is 1.06 bits per heavy atom. The first-order chi connectivity index (χ1) is 7.58. The summed E-state index contributed by atoms with van der Waals surface area (Å²) in [5, 5.41) is 0. The average Bonchev–Trinajstić information content (AvgIpc) is 2.62. The summed E-state index contributed by atoms with van der Waals surface area (Å²) in [4.78, 5) is 0. The Kier molecular flexibility index (Phi) is 2.73. The third-order valence-electron chi connectivity index (χ3n) is 2.84. The molecule has 0 aliphatic carbocycles. The van der Waals surface area contributed by atoms with E-state index in [4.69, 9.17) is 5.73 Å². The molecule has 0 spiro atoms. The van der Waals surface area contributed by atoms with Crippen LogP contribution in [0.15, 0.2) is 36.7 Å². The van der Waals surface area contributed by atoms with E-state index >= 15 is 0 Å². The normalized spacial score (nSPS) is 11.0. The third kappa shape index (κ3) is 1.96. The molecule has 2 nitrogen and oxygen atoms in total. The van der Waals surface area contributed by atoms with Crippen molar-refractivity contribution in [3.63, 3.8) is 0 Å². The fourth-order valence-corrected chi connectivity index (χ4v) is 1.76. The van der Waals surface area contributed by atoms with Crippen LogP contribution in [0.3, 0.4) is 0 Å². The standard InChI is InChI=1S/C14H18N2/c1-10(2)16-8-13(14(15)9-16)12-6-4-11(3)5-7-12/h4-10H,15H2,1-3H3. The van der Waals surface area contributed by atoms with Crippen molar-refractivity contribution in [3.8, 4) is 11.1 Å². The van der Waals surface area contributed by atoms with Gasteiger partial charge in [0.05, 0.1) is 5.69 Å². The molecule has 0 aliphatic rings. The summed E-state index contributed by atoms with van der Waals surface area (Å²) in [5.41, 5.74) is 10.4. The number of nitrogen functional groups attached to an aromatic ring is 1. The van der Waals surface area contributed by atoms with Crippen LogP contribution in [0.4, 0.5) is 5.69 Å². The molecule has 2 rings (SSSR count). The molecule has 0 radical (unpaired) electrons. The number of benzene rings is 1. The molecule has 2 N–H and O–H groups in total. The summed E-state index contributed by atoms with van der Waals surface area (Å²) in [6.07, 6.45) is 4.12. The monoisotopic (exact) mass is 214 g/mol. The first-order valence-corrected chi connectivity index (χ1v) is 5.62. The molecule has 1 aromatic heterocycles. The van der Waals surface area contributed by atoms with Crippen LogP contribution in [-0.4, -0.2) is 4.57 Å². The van der Waals surface area contributed by atoms with Crippen LogP contribution in [-0.2, 0) is 0 Å². The minimum absolute atomic E-state index is 0.446. The number of nitrogens with zero attached hydrogens (tertiary/aromatic N) is 1. The van der Waals surface area contributed by atoms with Crippen LogP contribution >= 0.6 is 0 Å². The highest BCUT2D eigenvalue weighted by atomic mass is 15.0. The van der Waals surface area contributed by atoms with Gasteiger partial charge in [-0.15, -0.1) is 0 Å². The molecule has 0 atom stereocenters. The maximum atomic E-state index is 6.03. The summed E-state index contributed by atoms with van der Waals surface area (Å²) in [5.74, 6) is 0. The number of rotatable bonds is 2. The Labute approximate surface area is 96.7 Å². The number of hydrogen-bond acceptors (Lipinski definition) is 1. The number of aromatic nitrogens is 1. The van der Waals surface area contributed by atoms with Gasteiger partial charge >= 0.3 is 0 Å². The van der Waals surface area contributed by atoms with Crippen molar-refractivity contribution in [1.82, 2.24) is 4.57 Å². The molecule has 0 aliphatic heterocycles. The number of anilines is 1. The lowest BCUT2D eigenvalue weighted by Crippen LogP contribution is -1.95. The van der Waals surface area contributed by atoms with Crippen molar-refractivity contribution >= 4 is 5.69 Å².